The molecule has 0 saturated heterocycles. The van der Waals surface area contributed by atoms with Crippen LogP contribution in [0.25, 0.3) is 0 Å². The van der Waals surface area contributed by atoms with Gasteiger partial charge in [0.1, 0.15) is 0 Å². The van der Waals surface area contributed by atoms with Crippen molar-refractivity contribution >= 4 is 34.9 Å². The summed E-state index contributed by atoms with van der Waals surface area (Å²) in [6.45, 7) is 4.69. The van der Waals surface area contributed by atoms with Gasteiger partial charge < -0.3 is 35.9 Å². The van der Waals surface area contributed by atoms with Crippen molar-refractivity contribution < 1.29 is 18.3 Å². The summed E-state index contributed by atoms with van der Waals surface area (Å²) >= 11 is 0. The summed E-state index contributed by atoms with van der Waals surface area (Å²) in [4.78, 5) is 20.5. The predicted octanol–water partition coefficient (Wildman–Crippen LogP) is 4.50. The molecular formula is C28H39F2N7O2. The maximum Gasteiger partial charge on any atom is 0.387 e. The van der Waals surface area contributed by atoms with E-state index in [0.29, 0.717) is 24.3 Å². The summed E-state index contributed by atoms with van der Waals surface area (Å²) in [7, 11) is 7.28. The fourth-order valence-corrected chi connectivity index (χ4v) is 3.95. The van der Waals surface area contributed by atoms with Gasteiger partial charge >= 0.3 is 6.61 Å². The summed E-state index contributed by atoms with van der Waals surface area (Å²) in [5.41, 5.74) is 3.58. The third kappa shape index (κ3) is 9.06. The number of likely N-dealkylation sites (N-methyl/N-ethyl adjacent to an activating group) is 3. The molecule has 212 valence electrons. The van der Waals surface area contributed by atoms with Gasteiger partial charge in [0.25, 0.3) is 0 Å². The van der Waals surface area contributed by atoms with Crippen LogP contribution in [0.1, 0.15) is 13.3 Å². The van der Waals surface area contributed by atoms with E-state index in [2.05, 4.69) is 32.4 Å². The molecule has 0 aliphatic heterocycles. The monoisotopic (exact) mass is 543 g/mol. The Balaban J connectivity index is 2.39. The fraction of sp³-hybridized carbons (Fsp3) is 0.393. The van der Waals surface area contributed by atoms with Crippen LogP contribution in [0.2, 0.25) is 0 Å². The Morgan fingerprint density at radius 3 is 2.64 bits per heavy atom. The van der Waals surface area contributed by atoms with E-state index in [1.54, 1.807) is 32.4 Å². The lowest BCUT2D eigenvalue weighted by Gasteiger charge is -2.26. The SMILES string of the molecule is C=CC(=O)Nc1cc(N/C=C/C(=N\C)C2C=C(NC)C(C=N)=CC2)c(OC(F)F)cc1N(C)CCN(C)CC. The van der Waals surface area contributed by atoms with Crippen LogP contribution >= 0.6 is 0 Å². The first-order valence-electron chi connectivity index (χ1n) is 12.6. The van der Waals surface area contributed by atoms with Gasteiger partial charge in [-0.2, -0.15) is 8.78 Å². The van der Waals surface area contributed by atoms with Crippen molar-refractivity contribution in [3.8, 4) is 5.75 Å². The van der Waals surface area contributed by atoms with E-state index >= 15 is 0 Å². The molecule has 1 aromatic rings. The Morgan fingerprint density at radius 2 is 2.05 bits per heavy atom. The number of rotatable bonds is 15. The summed E-state index contributed by atoms with van der Waals surface area (Å²) in [5.74, 6) is -0.530. The minimum atomic E-state index is -3.04. The van der Waals surface area contributed by atoms with Crippen molar-refractivity contribution in [2.24, 2.45) is 10.9 Å². The number of anilines is 3. The standard InChI is InChI=1S/C28H39F2N7O2/c1-7-27(38)35-23-16-24(26(39-28(29)30)17-25(23)37(6)14-13-36(5)8-2)34-12-11-21(32-3)19-9-10-20(18-31)22(15-19)33-4/h7,10-12,15-19,28,31,33-34H,1,8-9,13-14H2,2-6H3,(H,35,38)/b12-11+,31-18?,32-21+. The molecule has 1 aromatic carbocycles. The second-order valence-electron chi connectivity index (χ2n) is 8.86. The second-order valence-corrected chi connectivity index (χ2v) is 8.86. The van der Waals surface area contributed by atoms with Crippen LogP contribution in [0.4, 0.5) is 25.8 Å². The minimum Gasteiger partial charge on any atom is -0.433 e. The first kappa shape index (κ1) is 31.2. The Labute approximate surface area is 229 Å². The molecule has 0 bridgehead atoms. The van der Waals surface area contributed by atoms with Crippen molar-refractivity contribution in [3.05, 3.63) is 60.5 Å². The number of hydrogen-bond donors (Lipinski definition) is 4. The zero-order valence-corrected chi connectivity index (χ0v) is 23.2. The van der Waals surface area contributed by atoms with Crippen molar-refractivity contribution in [3.63, 3.8) is 0 Å². The summed E-state index contributed by atoms with van der Waals surface area (Å²) in [5, 5.41) is 16.4. The van der Waals surface area contributed by atoms with Crippen molar-refractivity contribution in [1.29, 1.82) is 5.41 Å². The van der Waals surface area contributed by atoms with Crippen LogP contribution in [0.3, 0.4) is 0 Å². The van der Waals surface area contributed by atoms with Gasteiger partial charge in [0.2, 0.25) is 5.91 Å². The number of carbonyl (C=O) groups excluding carboxylic acids is 1. The number of ether oxygens (including phenoxy) is 1. The summed E-state index contributed by atoms with van der Waals surface area (Å²) in [6.07, 6.45) is 10.4. The zero-order chi connectivity index (χ0) is 28.9. The van der Waals surface area contributed by atoms with E-state index in [4.69, 9.17) is 10.1 Å². The average Bonchev–Trinajstić information content (AvgIpc) is 2.93. The lowest BCUT2D eigenvalue weighted by Crippen LogP contribution is -2.31. The number of alkyl halides is 2. The average molecular weight is 544 g/mol. The third-order valence-electron chi connectivity index (χ3n) is 6.35. The normalized spacial score (nSPS) is 15.6. The summed E-state index contributed by atoms with van der Waals surface area (Å²) < 4.78 is 31.6. The van der Waals surface area contributed by atoms with Crippen molar-refractivity contribution in [2.45, 2.75) is 20.0 Å². The molecule has 1 amide bonds. The van der Waals surface area contributed by atoms with E-state index in [1.165, 1.54) is 12.3 Å². The lowest BCUT2D eigenvalue weighted by molar-refractivity contribution is -0.111. The molecule has 9 nitrogen and oxygen atoms in total. The molecule has 1 aliphatic carbocycles. The van der Waals surface area contributed by atoms with Gasteiger partial charge in [0.05, 0.1) is 17.1 Å². The number of carbonyl (C=O) groups is 1. The number of amides is 1. The molecule has 0 radical (unpaired) electrons. The quantitative estimate of drug-likeness (QED) is 0.192. The Kier molecular flexibility index (Phi) is 12.4. The number of nitrogens with one attached hydrogen (secondary N) is 4. The van der Waals surface area contributed by atoms with E-state index < -0.39 is 12.5 Å². The molecule has 2 rings (SSSR count). The van der Waals surface area contributed by atoms with Crippen LogP contribution in [-0.4, -0.2) is 77.2 Å². The molecule has 0 fully saturated rings. The predicted molar refractivity (Wildman–Crippen MR) is 157 cm³/mol. The molecule has 4 N–H and O–H groups in total. The molecule has 1 atom stereocenters. The largest absolute Gasteiger partial charge is 0.433 e. The number of halogens is 2. The number of aliphatic imine (C=N–C) groups is 1. The molecule has 0 saturated carbocycles. The third-order valence-corrected chi connectivity index (χ3v) is 6.35. The molecule has 39 heavy (non-hydrogen) atoms. The zero-order valence-electron chi connectivity index (χ0n) is 23.2. The Bertz CT molecular complexity index is 1140. The first-order chi connectivity index (χ1) is 18.7. The smallest absolute Gasteiger partial charge is 0.387 e. The van der Waals surface area contributed by atoms with Crippen LogP contribution < -0.4 is 25.6 Å². The summed E-state index contributed by atoms with van der Waals surface area (Å²) in [6, 6.07) is 3.04. The van der Waals surface area contributed by atoms with Gasteiger partial charge in [-0.15, -0.1) is 0 Å². The van der Waals surface area contributed by atoms with Gasteiger partial charge in [-0.1, -0.05) is 25.7 Å². The van der Waals surface area contributed by atoms with Gasteiger partial charge in [0, 0.05) is 75.6 Å². The number of allylic oxidation sites excluding steroid dienone is 4. The number of hydrogen-bond acceptors (Lipinski definition) is 8. The van der Waals surface area contributed by atoms with E-state index in [1.807, 2.05) is 38.1 Å². The Morgan fingerprint density at radius 1 is 1.31 bits per heavy atom. The van der Waals surface area contributed by atoms with E-state index in [0.717, 1.165) is 36.1 Å². The van der Waals surface area contributed by atoms with Crippen molar-refractivity contribution in [1.82, 2.24) is 10.2 Å². The number of nitrogens with zero attached hydrogens (tertiary/aromatic N) is 3. The molecule has 1 unspecified atom stereocenters. The molecule has 0 heterocycles. The minimum absolute atomic E-state index is 0.0318. The topological polar surface area (TPSA) is 105 Å². The van der Waals surface area contributed by atoms with Gasteiger partial charge in [-0.25, -0.2) is 0 Å². The van der Waals surface area contributed by atoms with E-state index in [-0.39, 0.29) is 17.4 Å². The van der Waals surface area contributed by atoms with Crippen LogP contribution in [0.5, 0.6) is 5.75 Å². The van der Waals surface area contributed by atoms with Crippen molar-refractivity contribution in [2.75, 3.05) is 63.4 Å². The van der Waals surface area contributed by atoms with Gasteiger partial charge in [-0.05, 0) is 38.2 Å². The van der Waals surface area contributed by atoms with Crippen LogP contribution in [0.15, 0.2) is 65.5 Å². The number of benzene rings is 1. The maximum absolute atomic E-state index is 13.4. The fourth-order valence-electron chi connectivity index (χ4n) is 3.95. The van der Waals surface area contributed by atoms with E-state index in [9.17, 15) is 13.6 Å². The molecule has 0 spiro atoms. The highest BCUT2D eigenvalue weighted by molar-refractivity contribution is 6.02. The maximum atomic E-state index is 13.4. The molecule has 11 heteroatoms. The van der Waals surface area contributed by atoms with Crippen LogP contribution in [-0.2, 0) is 4.79 Å². The highest BCUT2D eigenvalue weighted by Crippen LogP contribution is 2.38. The van der Waals surface area contributed by atoms with Crippen LogP contribution in [0, 0.1) is 11.3 Å². The molecule has 0 aromatic heterocycles. The lowest BCUT2D eigenvalue weighted by atomic mass is 9.90. The van der Waals surface area contributed by atoms with Gasteiger partial charge in [0.15, 0.2) is 5.75 Å². The Hall–Kier alpha value is -3.99. The second kappa shape index (κ2) is 15.4. The highest BCUT2D eigenvalue weighted by Gasteiger charge is 2.19. The van der Waals surface area contributed by atoms with Gasteiger partial charge in [-0.3, -0.25) is 9.79 Å². The molecular weight excluding hydrogens is 504 g/mol. The molecule has 1 aliphatic rings. The first-order valence-corrected chi connectivity index (χ1v) is 12.6. The highest BCUT2D eigenvalue weighted by atomic mass is 19.3.